The highest BCUT2D eigenvalue weighted by molar-refractivity contribution is 9.10. The van der Waals surface area contributed by atoms with E-state index < -0.39 is 0 Å². The molecule has 0 unspecified atom stereocenters. The zero-order valence-corrected chi connectivity index (χ0v) is 12.9. The Hall–Kier alpha value is -1.58. The first-order valence-corrected chi connectivity index (χ1v) is 7.58. The molecule has 0 saturated carbocycles. The standard InChI is InChI=1S/C17H17BrN2/c1-12(14-6-2-3-7-16(14)18)20-11-13-5-4-8-17-15(13)9-10-19-17/h2-10,12,19-20H,11H2,1H3/t12-/m1/s1. The molecule has 0 fully saturated rings. The Bertz CT molecular complexity index is 718. The van der Waals surface area contributed by atoms with E-state index in [0.29, 0.717) is 6.04 Å². The summed E-state index contributed by atoms with van der Waals surface area (Å²) >= 11 is 3.61. The molecular formula is C17H17BrN2. The largest absolute Gasteiger partial charge is 0.361 e. The fourth-order valence-electron chi connectivity index (χ4n) is 2.50. The Kier molecular flexibility index (Phi) is 3.90. The maximum Gasteiger partial charge on any atom is 0.0457 e. The lowest BCUT2D eigenvalue weighted by molar-refractivity contribution is 0.574. The van der Waals surface area contributed by atoms with Crippen LogP contribution in [0.15, 0.2) is 59.2 Å². The van der Waals surface area contributed by atoms with E-state index in [1.165, 1.54) is 22.0 Å². The second-order valence-electron chi connectivity index (χ2n) is 4.98. The van der Waals surface area contributed by atoms with Gasteiger partial charge in [-0.05, 0) is 36.2 Å². The van der Waals surface area contributed by atoms with Crippen LogP contribution in [0.1, 0.15) is 24.1 Å². The fraction of sp³-hybridized carbons (Fsp3) is 0.176. The van der Waals surface area contributed by atoms with Crippen LogP contribution in [0.2, 0.25) is 0 Å². The minimum Gasteiger partial charge on any atom is -0.361 e. The normalized spacial score (nSPS) is 12.7. The van der Waals surface area contributed by atoms with Gasteiger partial charge in [0.15, 0.2) is 0 Å². The third kappa shape index (κ3) is 2.65. The molecule has 0 amide bonds. The molecule has 3 heteroatoms. The van der Waals surface area contributed by atoms with E-state index in [-0.39, 0.29) is 0 Å². The third-order valence-electron chi connectivity index (χ3n) is 3.66. The van der Waals surface area contributed by atoms with Gasteiger partial charge in [0.05, 0.1) is 0 Å². The molecule has 1 atom stereocenters. The number of H-pyrrole nitrogens is 1. The molecule has 2 N–H and O–H groups in total. The Balaban J connectivity index is 1.76. The summed E-state index contributed by atoms with van der Waals surface area (Å²) in [4.78, 5) is 3.25. The number of halogens is 1. The Morgan fingerprint density at radius 1 is 1.10 bits per heavy atom. The van der Waals surface area contributed by atoms with Crippen molar-refractivity contribution in [3.63, 3.8) is 0 Å². The van der Waals surface area contributed by atoms with E-state index in [0.717, 1.165) is 11.0 Å². The highest BCUT2D eigenvalue weighted by Gasteiger charge is 2.09. The lowest BCUT2D eigenvalue weighted by Crippen LogP contribution is -2.18. The first-order chi connectivity index (χ1) is 9.75. The van der Waals surface area contributed by atoms with Crippen LogP contribution in [-0.4, -0.2) is 4.98 Å². The number of fused-ring (bicyclic) bond motifs is 1. The highest BCUT2D eigenvalue weighted by Crippen LogP contribution is 2.24. The average molecular weight is 329 g/mol. The SMILES string of the molecule is C[C@@H](NCc1cccc2[nH]ccc12)c1ccccc1Br. The zero-order chi connectivity index (χ0) is 13.9. The number of aromatic amines is 1. The quantitative estimate of drug-likeness (QED) is 0.708. The molecule has 0 radical (unpaired) electrons. The van der Waals surface area contributed by atoms with Gasteiger partial charge in [0.2, 0.25) is 0 Å². The van der Waals surface area contributed by atoms with E-state index in [1.54, 1.807) is 0 Å². The average Bonchev–Trinajstić information content (AvgIpc) is 2.94. The summed E-state index contributed by atoms with van der Waals surface area (Å²) in [6.07, 6.45) is 1.99. The van der Waals surface area contributed by atoms with Crippen molar-refractivity contribution >= 4 is 26.8 Å². The molecule has 3 rings (SSSR count). The molecule has 3 aromatic rings. The predicted molar refractivity (Wildman–Crippen MR) is 87.7 cm³/mol. The molecule has 0 aliphatic rings. The zero-order valence-electron chi connectivity index (χ0n) is 11.4. The molecule has 0 spiro atoms. The third-order valence-corrected chi connectivity index (χ3v) is 4.38. The van der Waals surface area contributed by atoms with Crippen molar-refractivity contribution < 1.29 is 0 Å². The van der Waals surface area contributed by atoms with E-state index in [4.69, 9.17) is 0 Å². The van der Waals surface area contributed by atoms with E-state index >= 15 is 0 Å². The molecule has 102 valence electrons. The van der Waals surface area contributed by atoms with Crippen molar-refractivity contribution in [2.45, 2.75) is 19.5 Å². The van der Waals surface area contributed by atoms with Gasteiger partial charge < -0.3 is 10.3 Å². The molecule has 20 heavy (non-hydrogen) atoms. The van der Waals surface area contributed by atoms with Gasteiger partial charge >= 0.3 is 0 Å². The molecular weight excluding hydrogens is 312 g/mol. The minimum absolute atomic E-state index is 0.305. The summed E-state index contributed by atoms with van der Waals surface area (Å²) < 4.78 is 1.15. The van der Waals surface area contributed by atoms with Gasteiger partial charge in [-0.1, -0.05) is 46.3 Å². The summed E-state index contributed by atoms with van der Waals surface area (Å²) in [5.41, 5.74) is 3.80. The van der Waals surface area contributed by atoms with E-state index in [9.17, 15) is 0 Å². The van der Waals surface area contributed by atoms with Crippen LogP contribution in [0, 0.1) is 0 Å². The van der Waals surface area contributed by atoms with Gasteiger partial charge in [-0.15, -0.1) is 0 Å². The minimum atomic E-state index is 0.305. The van der Waals surface area contributed by atoms with Crippen LogP contribution >= 0.6 is 15.9 Å². The van der Waals surface area contributed by atoms with Crippen LogP contribution in [-0.2, 0) is 6.54 Å². The number of hydrogen-bond donors (Lipinski definition) is 2. The van der Waals surface area contributed by atoms with Crippen LogP contribution in [0.3, 0.4) is 0 Å². The summed E-state index contributed by atoms with van der Waals surface area (Å²) in [6, 6.07) is 17.2. The first kappa shape index (κ1) is 13.4. The lowest BCUT2D eigenvalue weighted by Gasteiger charge is -2.16. The number of rotatable bonds is 4. The molecule has 1 aromatic heterocycles. The van der Waals surface area contributed by atoms with Crippen molar-refractivity contribution in [1.29, 1.82) is 0 Å². The highest BCUT2D eigenvalue weighted by atomic mass is 79.9. The fourth-order valence-corrected chi connectivity index (χ4v) is 3.13. The van der Waals surface area contributed by atoms with Gasteiger partial charge in [-0.3, -0.25) is 0 Å². The topological polar surface area (TPSA) is 27.8 Å². The Morgan fingerprint density at radius 2 is 1.95 bits per heavy atom. The number of hydrogen-bond acceptors (Lipinski definition) is 1. The van der Waals surface area contributed by atoms with E-state index in [1.807, 2.05) is 12.3 Å². The smallest absolute Gasteiger partial charge is 0.0457 e. The predicted octanol–water partition coefficient (Wildman–Crippen LogP) is 4.78. The number of nitrogens with one attached hydrogen (secondary N) is 2. The van der Waals surface area contributed by atoms with Crippen LogP contribution < -0.4 is 5.32 Å². The molecule has 0 saturated heterocycles. The van der Waals surface area contributed by atoms with Crippen molar-refractivity contribution in [2.24, 2.45) is 0 Å². The maximum atomic E-state index is 3.61. The summed E-state index contributed by atoms with van der Waals surface area (Å²) in [5, 5.41) is 4.89. The Morgan fingerprint density at radius 3 is 2.80 bits per heavy atom. The van der Waals surface area contributed by atoms with Crippen LogP contribution in [0.25, 0.3) is 10.9 Å². The number of benzene rings is 2. The molecule has 2 nitrogen and oxygen atoms in total. The monoisotopic (exact) mass is 328 g/mol. The van der Waals surface area contributed by atoms with Gasteiger partial charge in [0.1, 0.15) is 0 Å². The summed E-state index contributed by atoms with van der Waals surface area (Å²) in [7, 11) is 0. The summed E-state index contributed by atoms with van der Waals surface area (Å²) in [6.45, 7) is 3.05. The Labute approximate surface area is 127 Å². The molecule has 1 heterocycles. The van der Waals surface area contributed by atoms with E-state index in [2.05, 4.69) is 75.6 Å². The van der Waals surface area contributed by atoms with Gasteiger partial charge in [0.25, 0.3) is 0 Å². The van der Waals surface area contributed by atoms with Gasteiger partial charge in [-0.25, -0.2) is 0 Å². The van der Waals surface area contributed by atoms with Crippen LogP contribution in [0.5, 0.6) is 0 Å². The van der Waals surface area contributed by atoms with Crippen LogP contribution in [0.4, 0.5) is 0 Å². The van der Waals surface area contributed by atoms with Gasteiger partial charge in [-0.2, -0.15) is 0 Å². The van der Waals surface area contributed by atoms with Crippen molar-refractivity contribution in [3.8, 4) is 0 Å². The summed E-state index contributed by atoms with van der Waals surface area (Å²) in [5.74, 6) is 0. The second-order valence-corrected chi connectivity index (χ2v) is 5.83. The van der Waals surface area contributed by atoms with Crippen molar-refractivity contribution in [2.75, 3.05) is 0 Å². The first-order valence-electron chi connectivity index (χ1n) is 6.78. The maximum absolute atomic E-state index is 3.61. The lowest BCUT2D eigenvalue weighted by atomic mass is 10.1. The second kappa shape index (κ2) is 5.81. The molecule has 2 aromatic carbocycles. The molecule has 0 aliphatic heterocycles. The molecule has 0 aliphatic carbocycles. The van der Waals surface area contributed by atoms with Crippen molar-refractivity contribution in [3.05, 3.63) is 70.3 Å². The molecule has 0 bridgehead atoms. The van der Waals surface area contributed by atoms with Gasteiger partial charge in [0, 0.05) is 34.2 Å². The number of aromatic nitrogens is 1. The van der Waals surface area contributed by atoms with Crippen molar-refractivity contribution in [1.82, 2.24) is 10.3 Å².